The summed E-state index contributed by atoms with van der Waals surface area (Å²) in [6, 6.07) is 7.24. The van der Waals surface area contributed by atoms with E-state index in [0.717, 1.165) is 31.4 Å². The van der Waals surface area contributed by atoms with Crippen LogP contribution >= 0.6 is 11.6 Å². The Morgan fingerprint density at radius 3 is 3.04 bits per heavy atom. The molecule has 0 radical (unpaired) electrons. The van der Waals surface area contributed by atoms with Gasteiger partial charge < -0.3 is 10.4 Å². The summed E-state index contributed by atoms with van der Waals surface area (Å²) >= 11 is 6.00. The van der Waals surface area contributed by atoms with Gasteiger partial charge in [0.25, 0.3) is 5.91 Å². The van der Waals surface area contributed by atoms with Gasteiger partial charge in [-0.05, 0) is 50.3 Å². The second-order valence-corrected chi connectivity index (χ2v) is 6.75. The number of benzene rings is 1. The molecule has 7 heteroatoms. The van der Waals surface area contributed by atoms with E-state index in [2.05, 4.69) is 15.6 Å². The number of carbonyl (C=O) groups is 1. The van der Waals surface area contributed by atoms with Crippen molar-refractivity contribution >= 4 is 17.5 Å². The number of nitrogens with one attached hydrogen (secondary N) is 1. The highest BCUT2D eigenvalue weighted by Crippen LogP contribution is 2.23. The van der Waals surface area contributed by atoms with Crippen LogP contribution in [0.3, 0.4) is 0 Å². The van der Waals surface area contributed by atoms with E-state index < -0.39 is 0 Å². The maximum Gasteiger partial charge on any atom is 0.273 e. The number of hydrogen-bond donors (Lipinski definition) is 2. The molecular formula is C17H21ClN4O2. The smallest absolute Gasteiger partial charge is 0.273 e. The summed E-state index contributed by atoms with van der Waals surface area (Å²) in [5.41, 5.74) is 1.74. The lowest BCUT2D eigenvalue weighted by atomic mass is 9.87. The fourth-order valence-electron chi connectivity index (χ4n) is 3.16. The summed E-state index contributed by atoms with van der Waals surface area (Å²) in [5, 5.41) is 21.3. The van der Waals surface area contributed by atoms with Crippen molar-refractivity contribution in [3.8, 4) is 5.69 Å². The first-order valence-corrected chi connectivity index (χ1v) is 8.57. The Kier molecular flexibility index (Phi) is 5.16. The van der Waals surface area contributed by atoms with E-state index in [1.165, 1.54) is 0 Å². The molecule has 1 amide bonds. The second-order valence-electron chi connectivity index (χ2n) is 6.31. The third-order valence-corrected chi connectivity index (χ3v) is 4.70. The Labute approximate surface area is 145 Å². The minimum Gasteiger partial charge on any atom is -0.393 e. The highest BCUT2D eigenvalue weighted by molar-refractivity contribution is 6.30. The van der Waals surface area contributed by atoms with Gasteiger partial charge >= 0.3 is 0 Å². The van der Waals surface area contributed by atoms with Crippen LogP contribution in [0.2, 0.25) is 5.02 Å². The van der Waals surface area contributed by atoms with Crippen LogP contribution in [0, 0.1) is 12.8 Å². The Bertz CT molecular complexity index is 731. The zero-order valence-corrected chi connectivity index (χ0v) is 14.3. The van der Waals surface area contributed by atoms with Crippen molar-refractivity contribution in [2.75, 3.05) is 6.54 Å². The van der Waals surface area contributed by atoms with Crippen molar-refractivity contribution in [1.29, 1.82) is 0 Å². The van der Waals surface area contributed by atoms with Gasteiger partial charge in [-0.2, -0.15) is 0 Å². The molecule has 2 N–H and O–H groups in total. The average Bonchev–Trinajstić information content (AvgIpc) is 2.94. The summed E-state index contributed by atoms with van der Waals surface area (Å²) in [5.74, 6) is 0.0850. The number of rotatable bonds is 4. The van der Waals surface area contributed by atoms with Gasteiger partial charge in [-0.25, -0.2) is 4.68 Å². The van der Waals surface area contributed by atoms with E-state index in [1.54, 1.807) is 23.7 Å². The van der Waals surface area contributed by atoms with E-state index in [1.807, 2.05) is 12.1 Å². The van der Waals surface area contributed by atoms with Crippen molar-refractivity contribution < 1.29 is 9.90 Å². The molecule has 0 aliphatic heterocycles. The summed E-state index contributed by atoms with van der Waals surface area (Å²) in [4.78, 5) is 12.4. The number of aromatic nitrogens is 3. The van der Waals surface area contributed by atoms with Crippen LogP contribution in [-0.4, -0.2) is 38.7 Å². The van der Waals surface area contributed by atoms with Crippen LogP contribution in [0.5, 0.6) is 0 Å². The van der Waals surface area contributed by atoms with Crippen LogP contribution in [0.25, 0.3) is 5.69 Å². The van der Waals surface area contributed by atoms with Crippen LogP contribution in [0.15, 0.2) is 24.3 Å². The van der Waals surface area contributed by atoms with E-state index >= 15 is 0 Å². The van der Waals surface area contributed by atoms with Gasteiger partial charge in [0.1, 0.15) is 0 Å². The Hall–Kier alpha value is -1.92. The predicted molar refractivity (Wildman–Crippen MR) is 91.4 cm³/mol. The molecular weight excluding hydrogens is 328 g/mol. The number of halogens is 1. The van der Waals surface area contributed by atoms with Crippen LogP contribution < -0.4 is 5.32 Å². The lowest BCUT2D eigenvalue weighted by molar-refractivity contribution is 0.0869. The number of hydrogen-bond acceptors (Lipinski definition) is 4. The van der Waals surface area contributed by atoms with Crippen molar-refractivity contribution in [2.24, 2.45) is 5.92 Å². The van der Waals surface area contributed by atoms with Gasteiger partial charge in [0, 0.05) is 11.6 Å². The quantitative estimate of drug-likeness (QED) is 0.889. The Morgan fingerprint density at radius 1 is 1.46 bits per heavy atom. The van der Waals surface area contributed by atoms with Gasteiger partial charge in [0.15, 0.2) is 5.69 Å². The Morgan fingerprint density at radius 2 is 2.29 bits per heavy atom. The fraction of sp³-hybridized carbons (Fsp3) is 0.471. The second kappa shape index (κ2) is 7.32. The molecule has 1 aliphatic rings. The molecule has 1 aliphatic carbocycles. The molecule has 0 bridgehead atoms. The zero-order chi connectivity index (χ0) is 17.1. The van der Waals surface area contributed by atoms with Gasteiger partial charge in [0.2, 0.25) is 0 Å². The SMILES string of the molecule is Cc1c(C(=O)NCC2CCCC(O)C2)nnn1-c1cccc(Cl)c1. The number of aliphatic hydroxyl groups excluding tert-OH is 1. The molecule has 0 saturated heterocycles. The summed E-state index contributed by atoms with van der Waals surface area (Å²) in [6.07, 6.45) is 3.40. The normalized spacial score (nSPS) is 20.8. The number of aliphatic hydroxyl groups is 1. The first-order chi connectivity index (χ1) is 11.5. The van der Waals surface area contributed by atoms with Crippen molar-refractivity contribution in [3.05, 3.63) is 40.7 Å². The molecule has 6 nitrogen and oxygen atoms in total. The fourth-order valence-corrected chi connectivity index (χ4v) is 3.35. The highest BCUT2D eigenvalue weighted by atomic mass is 35.5. The molecule has 1 saturated carbocycles. The zero-order valence-electron chi connectivity index (χ0n) is 13.6. The molecule has 3 rings (SSSR count). The largest absolute Gasteiger partial charge is 0.393 e. The molecule has 1 heterocycles. The molecule has 1 aromatic heterocycles. The Balaban J connectivity index is 1.67. The summed E-state index contributed by atoms with van der Waals surface area (Å²) < 4.78 is 1.60. The molecule has 1 aromatic carbocycles. The van der Waals surface area contributed by atoms with Crippen molar-refractivity contribution in [3.63, 3.8) is 0 Å². The molecule has 128 valence electrons. The molecule has 1 fully saturated rings. The molecule has 24 heavy (non-hydrogen) atoms. The highest BCUT2D eigenvalue weighted by Gasteiger charge is 2.22. The van der Waals surface area contributed by atoms with Crippen molar-refractivity contribution in [1.82, 2.24) is 20.3 Å². The number of amides is 1. The third-order valence-electron chi connectivity index (χ3n) is 4.47. The molecule has 0 spiro atoms. The van der Waals surface area contributed by atoms with Gasteiger partial charge in [-0.1, -0.05) is 29.3 Å². The topological polar surface area (TPSA) is 80.0 Å². The van der Waals surface area contributed by atoms with E-state index in [-0.39, 0.29) is 12.0 Å². The monoisotopic (exact) mass is 348 g/mol. The molecule has 2 aromatic rings. The van der Waals surface area contributed by atoms with E-state index in [4.69, 9.17) is 11.6 Å². The van der Waals surface area contributed by atoms with Gasteiger partial charge in [0.05, 0.1) is 17.5 Å². The predicted octanol–water partition coefficient (Wildman–Crippen LogP) is 2.51. The van der Waals surface area contributed by atoms with Gasteiger partial charge in [-0.15, -0.1) is 5.10 Å². The summed E-state index contributed by atoms with van der Waals surface area (Å²) in [7, 11) is 0. The summed E-state index contributed by atoms with van der Waals surface area (Å²) in [6.45, 7) is 2.36. The van der Waals surface area contributed by atoms with Crippen LogP contribution in [-0.2, 0) is 0 Å². The van der Waals surface area contributed by atoms with Crippen molar-refractivity contribution in [2.45, 2.75) is 38.7 Å². The minimum atomic E-state index is -0.244. The standard InChI is InChI=1S/C17H21ClN4O2/c1-11-16(17(24)19-10-12-4-2-7-15(23)8-12)20-21-22(11)14-6-3-5-13(18)9-14/h3,5-6,9,12,15,23H,2,4,7-8,10H2,1H3,(H,19,24). The minimum absolute atomic E-state index is 0.235. The molecule has 2 unspecified atom stereocenters. The lowest BCUT2D eigenvalue weighted by Gasteiger charge is -2.25. The molecule has 2 atom stereocenters. The number of nitrogens with zero attached hydrogens (tertiary/aromatic N) is 3. The van der Waals surface area contributed by atoms with Crippen LogP contribution in [0.1, 0.15) is 41.9 Å². The maximum absolute atomic E-state index is 12.4. The van der Waals surface area contributed by atoms with Crippen LogP contribution in [0.4, 0.5) is 0 Å². The first kappa shape index (κ1) is 16.9. The van der Waals surface area contributed by atoms with E-state index in [0.29, 0.717) is 28.9 Å². The average molecular weight is 349 g/mol. The van der Waals surface area contributed by atoms with Gasteiger partial charge in [-0.3, -0.25) is 4.79 Å². The third kappa shape index (κ3) is 3.76. The number of carbonyl (C=O) groups excluding carboxylic acids is 1. The first-order valence-electron chi connectivity index (χ1n) is 8.19. The maximum atomic E-state index is 12.4. The lowest BCUT2D eigenvalue weighted by Crippen LogP contribution is -2.33. The van der Waals surface area contributed by atoms with E-state index in [9.17, 15) is 9.90 Å².